The second-order valence-corrected chi connectivity index (χ2v) is 11.9. The average molecular weight is 616 g/mol. The van der Waals surface area contributed by atoms with E-state index in [4.69, 9.17) is 4.42 Å². The topological polar surface area (TPSA) is 42.2 Å². The number of nitrogens with zero attached hydrogens (tertiary/aromatic N) is 3. The number of hydrogen-bond donors (Lipinski definition) is 0. The molecule has 0 unspecified atom stereocenters. The molecule has 0 N–H and O–H groups in total. The zero-order valence-electron chi connectivity index (χ0n) is 26.0. The van der Waals surface area contributed by atoms with Crippen molar-refractivity contribution in [3.05, 3.63) is 176 Å². The van der Waals surface area contributed by atoms with Crippen LogP contribution in [0.4, 0.5) is 17.1 Å². The number of hydrogen-bond acceptors (Lipinski definition) is 4. The summed E-state index contributed by atoms with van der Waals surface area (Å²) >= 11 is 0. The lowest BCUT2D eigenvalue weighted by Gasteiger charge is -2.26. The van der Waals surface area contributed by atoms with E-state index in [2.05, 4.69) is 154 Å². The van der Waals surface area contributed by atoms with Crippen molar-refractivity contribution in [3.8, 4) is 33.7 Å². The Labute approximate surface area is 278 Å². The van der Waals surface area contributed by atoms with Crippen LogP contribution in [0, 0.1) is 0 Å². The Kier molecular flexibility index (Phi) is 6.76. The lowest BCUT2D eigenvalue weighted by Crippen LogP contribution is -2.09. The Hall–Kier alpha value is -6.52. The maximum absolute atomic E-state index is 5.95. The number of para-hydroxylation sites is 3. The molecule has 9 rings (SSSR count). The molecule has 9 aromatic rings. The molecule has 0 saturated carbocycles. The molecule has 0 bridgehead atoms. The van der Waals surface area contributed by atoms with E-state index in [0.29, 0.717) is 5.89 Å². The first-order chi connectivity index (χ1) is 23.7. The van der Waals surface area contributed by atoms with Gasteiger partial charge in [0.2, 0.25) is 5.89 Å². The van der Waals surface area contributed by atoms with Crippen molar-refractivity contribution in [2.24, 2.45) is 0 Å². The van der Waals surface area contributed by atoms with Gasteiger partial charge in [-0.3, -0.25) is 4.98 Å². The molecule has 0 aliphatic rings. The van der Waals surface area contributed by atoms with E-state index < -0.39 is 0 Å². The molecule has 0 atom stereocenters. The fourth-order valence-electron chi connectivity index (χ4n) is 6.43. The predicted molar refractivity (Wildman–Crippen MR) is 198 cm³/mol. The summed E-state index contributed by atoms with van der Waals surface area (Å²) in [7, 11) is 0. The highest BCUT2D eigenvalue weighted by Crippen LogP contribution is 2.38. The van der Waals surface area contributed by atoms with Crippen molar-refractivity contribution in [2.45, 2.75) is 0 Å². The van der Waals surface area contributed by atoms with Gasteiger partial charge in [0.05, 0.1) is 5.52 Å². The molecule has 4 heteroatoms. The predicted octanol–water partition coefficient (Wildman–Crippen LogP) is 12.0. The summed E-state index contributed by atoms with van der Waals surface area (Å²) in [5.74, 6) is 0.638. The minimum absolute atomic E-state index is 0.638. The van der Waals surface area contributed by atoms with E-state index in [1.54, 1.807) is 0 Å². The van der Waals surface area contributed by atoms with Crippen LogP contribution in [0.1, 0.15) is 0 Å². The quantitative estimate of drug-likeness (QED) is 0.175. The monoisotopic (exact) mass is 615 g/mol. The molecule has 2 aromatic heterocycles. The summed E-state index contributed by atoms with van der Waals surface area (Å²) in [6.07, 6.45) is 1.85. The van der Waals surface area contributed by atoms with E-state index in [9.17, 15) is 0 Å². The third kappa shape index (κ3) is 5.16. The van der Waals surface area contributed by atoms with Crippen molar-refractivity contribution in [2.75, 3.05) is 4.90 Å². The van der Waals surface area contributed by atoms with E-state index in [1.165, 1.54) is 21.9 Å². The summed E-state index contributed by atoms with van der Waals surface area (Å²) in [5.41, 5.74) is 11.6. The molecule has 0 saturated heterocycles. The number of anilines is 3. The van der Waals surface area contributed by atoms with E-state index in [1.807, 2.05) is 36.5 Å². The zero-order chi connectivity index (χ0) is 31.9. The lowest BCUT2D eigenvalue weighted by atomic mass is 9.99. The molecular formula is C44H29N3O. The van der Waals surface area contributed by atoms with Gasteiger partial charge in [-0.25, -0.2) is 4.98 Å². The summed E-state index contributed by atoms with van der Waals surface area (Å²) in [4.78, 5) is 11.5. The maximum Gasteiger partial charge on any atom is 0.227 e. The van der Waals surface area contributed by atoms with Crippen molar-refractivity contribution < 1.29 is 4.42 Å². The van der Waals surface area contributed by atoms with Gasteiger partial charge in [0.25, 0.3) is 0 Å². The largest absolute Gasteiger partial charge is 0.436 e. The molecule has 0 spiro atoms. The number of rotatable bonds is 6. The number of fused-ring (bicyclic) bond motifs is 3. The van der Waals surface area contributed by atoms with Gasteiger partial charge in [-0.15, -0.1) is 0 Å². The average Bonchev–Trinajstić information content (AvgIpc) is 3.60. The highest BCUT2D eigenvalue weighted by atomic mass is 16.3. The van der Waals surface area contributed by atoms with Crippen LogP contribution in [0.3, 0.4) is 0 Å². The van der Waals surface area contributed by atoms with Crippen LogP contribution in [0.5, 0.6) is 0 Å². The van der Waals surface area contributed by atoms with Crippen LogP contribution in [0.15, 0.2) is 180 Å². The van der Waals surface area contributed by atoms with Crippen LogP contribution in [-0.2, 0) is 0 Å². The van der Waals surface area contributed by atoms with Crippen LogP contribution < -0.4 is 4.90 Å². The highest BCUT2D eigenvalue weighted by molar-refractivity contribution is 5.98. The van der Waals surface area contributed by atoms with Gasteiger partial charge in [-0.05, 0) is 112 Å². The van der Waals surface area contributed by atoms with Gasteiger partial charge in [-0.2, -0.15) is 0 Å². The summed E-state index contributed by atoms with van der Waals surface area (Å²) < 4.78 is 5.95. The van der Waals surface area contributed by atoms with E-state index in [0.717, 1.165) is 55.8 Å². The Morgan fingerprint density at radius 1 is 0.396 bits per heavy atom. The second kappa shape index (κ2) is 11.7. The smallest absolute Gasteiger partial charge is 0.227 e. The van der Waals surface area contributed by atoms with Crippen LogP contribution in [-0.4, -0.2) is 9.97 Å². The first kappa shape index (κ1) is 27.8. The Morgan fingerprint density at radius 3 is 1.71 bits per heavy atom. The zero-order valence-corrected chi connectivity index (χ0v) is 26.0. The van der Waals surface area contributed by atoms with E-state index in [-0.39, 0.29) is 0 Å². The maximum atomic E-state index is 5.95. The van der Waals surface area contributed by atoms with E-state index >= 15 is 0 Å². The second-order valence-electron chi connectivity index (χ2n) is 11.9. The molecule has 0 aliphatic carbocycles. The van der Waals surface area contributed by atoms with Gasteiger partial charge in [0.1, 0.15) is 5.52 Å². The van der Waals surface area contributed by atoms with Gasteiger partial charge in [0.15, 0.2) is 5.58 Å². The standard InChI is InChI=1S/C44H29N3O/c1-2-8-38(9-3-1)47(40-25-22-35-29-42-36(7-6-26-45-42)27-37(35)28-40)39-23-20-33(21-24-39)31-14-12-30(13-15-31)32-16-18-34(19-17-32)44-46-41-10-4-5-11-43(41)48-44/h1-29H. The third-order valence-corrected chi connectivity index (χ3v) is 8.92. The summed E-state index contributed by atoms with van der Waals surface area (Å²) in [6, 6.07) is 59.5. The summed E-state index contributed by atoms with van der Waals surface area (Å²) in [5, 5.41) is 3.50. The lowest BCUT2D eigenvalue weighted by molar-refractivity contribution is 0.620. The van der Waals surface area contributed by atoms with Crippen molar-refractivity contribution in [1.82, 2.24) is 9.97 Å². The fraction of sp³-hybridized carbons (Fsp3) is 0. The van der Waals surface area contributed by atoms with Gasteiger partial charge >= 0.3 is 0 Å². The van der Waals surface area contributed by atoms with Crippen molar-refractivity contribution >= 4 is 49.8 Å². The molecule has 2 heterocycles. The minimum Gasteiger partial charge on any atom is -0.436 e. The first-order valence-electron chi connectivity index (χ1n) is 16.1. The van der Waals surface area contributed by atoms with Crippen molar-refractivity contribution in [1.29, 1.82) is 0 Å². The molecule has 226 valence electrons. The van der Waals surface area contributed by atoms with Gasteiger partial charge in [-0.1, -0.05) is 91.0 Å². The van der Waals surface area contributed by atoms with Gasteiger partial charge < -0.3 is 9.32 Å². The highest BCUT2D eigenvalue weighted by Gasteiger charge is 2.14. The molecule has 0 fully saturated rings. The number of pyridine rings is 1. The minimum atomic E-state index is 0.638. The fourth-order valence-corrected chi connectivity index (χ4v) is 6.43. The van der Waals surface area contributed by atoms with Crippen LogP contribution in [0.25, 0.3) is 66.5 Å². The van der Waals surface area contributed by atoms with Crippen molar-refractivity contribution in [3.63, 3.8) is 0 Å². The molecule has 0 amide bonds. The third-order valence-electron chi connectivity index (χ3n) is 8.92. The molecule has 4 nitrogen and oxygen atoms in total. The summed E-state index contributed by atoms with van der Waals surface area (Å²) in [6.45, 7) is 0. The number of aromatic nitrogens is 2. The first-order valence-corrected chi connectivity index (χ1v) is 16.1. The molecular weight excluding hydrogens is 587 g/mol. The number of benzene rings is 7. The molecule has 7 aromatic carbocycles. The normalized spacial score (nSPS) is 11.3. The molecule has 0 radical (unpaired) electrons. The SMILES string of the molecule is c1ccc(N(c2ccc(-c3ccc(-c4ccc(-c5nc6ccccc6o5)cc4)cc3)cc2)c2ccc3cc4ncccc4cc3c2)cc1. The van der Waals surface area contributed by atoms with Gasteiger partial charge in [0, 0.05) is 34.2 Å². The Balaban J connectivity index is 0.991. The molecule has 48 heavy (non-hydrogen) atoms. The number of oxazole rings is 1. The molecule has 0 aliphatic heterocycles. The Bertz CT molecular complexity index is 2500. The Morgan fingerprint density at radius 2 is 1.00 bits per heavy atom. The van der Waals surface area contributed by atoms with Crippen LogP contribution in [0.2, 0.25) is 0 Å². The van der Waals surface area contributed by atoms with Crippen LogP contribution >= 0.6 is 0 Å².